The van der Waals surface area contributed by atoms with Gasteiger partial charge in [0.2, 0.25) is 0 Å². The summed E-state index contributed by atoms with van der Waals surface area (Å²) in [6.45, 7) is 3.61. The quantitative estimate of drug-likeness (QED) is 0.775. The molecule has 2 N–H and O–H groups in total. The third kappa shape index (κ3) is 2.88. The number of aromatic hydroxyl groups is 1. The van der Waals surface area contributed by atoms with Gasteiger partial charge in [-0.05, 0) is 25.5 Å². The molecular formula is C19H18N2O2. The van der Waals surface area contributed by atoms with Crippen molar-refractivity contribution in [3.8, 4) is 5.75 Å². The molecule has 0 saturated carbocycles. The van der Waals surface area contributed by atoms with Gasteiger partial charge in [-0.3, -0.25) is 4.79 Å². The Balaban J connectivity index is 1.99. The minimum absolute atomic E-state index is 0.0681. The molecule has 116 valence electrons. The highest BCUT2D eigenvalue weighted by Crippen LogP contribution is 2.29. The molecule has 0 aliphatic heterocycles. The van der Waals surface area contributed by atoms with Gasteiger partial charge >= 0.3 is 0 Å². The van der Waals surface area contributed by atoms with Crippen molar-refractivity contribution in [2.45, 2.75) is 19.9 Å². The van der Waals surface area contributed by atoms with E-state index in [1.165, 1.54) is 0 Å². The Labute approximate surface area is 134 Å². The first-order valence-corrected chi connectivity index (χ1v) is 7.52. The van der Waals surface area contributed by atoms with E-state index in [0.29, 0.717) is 16.6 Å². The van der Waals surface area contributed by atoms with Gasteiger partial charge in [-0.2, -0.15) is 0 Å². The van der Waals surface area contributed by atoms with E-state index in [1.54, 1.807) is 13.0 Å². The second kappa shape index (κ2) is 6.08. The molecule has 23 heavy (non-hydrogen) atoms. The fourth-order valence-corrected chi connectivity index (χ4v) is 2.65. The van der Waals surface area contributed by atoms with Crippen molar-refractivity contribution in [1.82, 2.24) is 10.3 Å². The van der Waals surface area contributed by atoms with Gasteiger partial charge in [0.15, 0.2) is 0 Å². The predicted octanol–water partition coefficient (Wildman–Crippen LogP) is 3.74. The number of nitrogens with zero attached hydrogens (tertiary/aromatic N) is 1. The van der Waals surface area contributed by atoms with E-state index < -0.39 is 0 Å². The summed E-state index contributed by atoms with van der Waals surface area (Å²) in [4.78, 5) is 17.0. The van der Waals surface area contributed by atoms with Gasteiger partial charge in [0.05, 0.1) is 22.8 Å². The Kier molecular flexibility index (Phi) is 3.98. The molecule has 0 radical (unpaired) electrons. The van der Waals surface area contributed by atoms with Gasteiger partial charge in [0.1, 0.15) is 5.75 Å². The largest absolute Gasteiger partial charge is 0.505 e. The molecule has 3 rings (SSSR count). The maximum absolute atomic E-state index is 12.7. The van der Waals surface area contributed by atoms with Crippen LogP contribution >= 0.6 is 0 Å². The number of carbonyl (C=O) groups is 1. The summed E-state index contributed by atoms with van der Waals surface area (Å²) in [7, 11) is 0. The fraction of sp³-hybridized carbons (Fsp3) is 0.158. The van der Waals surface area contributed by atoms with Crippen molar-refractivity contribution in [1.29, 1.82) is 0 Å². The molecular weight excluding hydrogens is 288 g/mol. The zero-order valence-corrected chi connectivity index (χ0v) is 13.1. The summed E-state index contributed by atoms with van der Waals surface area (Å²) < 4.78 is 0. The van der Waals surface area contributed by atoms with Crippen LogP contribution in [0.4, 0.5) is 0 Å². The first-order chi connectivity index (χ1) is 11.1. The average molecular weight is 306 g/mol. The molecule has 0 bridgehead atoms. The molecule has 0 aliphatic carbocycles. The van der Waals surface area contributed by atoms with Crippen LogP contribution in [0.2, 0.25) is 0 Å². The maximum Gasteiger partial charge on any atom is 0.256 e. The molecule has 1 unspecified atom stereocenters. The average Bonchev–Trinajstić information content (AvgIpc) is 2.56. The number of hydrogen-bond donors (Lipinski definition) is 2. The van der Waals surface area contributed by atoms with Crippen molar-refractivity contribution in [2.75, 3.05) is 0 Å². The van der Waals surface area contributed by atoms with E-state index in [2.05, 4.69) is 10.3 Å². The highest BCUT2D eigenvalue weighted by atomic mass is 16.3. The summed E-state index contributed by atoms with van der Waals surface area (Å²) in [6, 6.07) is 16.9. The molecule has 1 aromatic heterocycles. The molecule has 3 aromatic rings. The van der Waals surface area contributed by atoms with Gasteiger partial charge in [-0.25, -0.2) is 4.98 Å². The third-order valence-electron chi connectivity index (χ3n) is 3.92. The molecule has 1 heterocycles. The van der Waals surface area contributed by atoms with Crippen molar-refractivity contribution >= 4 is 16.8 Å². The van der Waals surface area contributed by atoms with Crippen LogP contribution in [0.15, 0.2) is 54.6 Å². The number of nitrogens with one attached hydrogen (secondary N) is 1. The Morgan fingerprint density at radius 1 is 1.09 bits per heavy atom. The van der Waals surface area contributed by atoms with Crippen molar-refractivity contribution in [3.63, 3.8) is 0 Å². The van der Waals surface area contributed by atoms with Crippen LogP contribution in [-0.2, 0) is 0 Å². The molecule has 0 aliphatic rings. The third-order valence-corrected chi connectivity index (χ3v) is 3.92. The smallest absolute Gasteiger partial charge is 0.256 e. The number of aromatic nitrogens is 1. The molecule has 2 aromatic carbocycles. The van der Waals surface area contributed by atoms with E-state index in [9.17, 15) is 9.90 Å². The topological polar surface area (TPSA) is 62.2 Å². The fourth-order valence-electron chi connectivity index (χ4n) is 2.65. The summed E-state index contributed by atoms with van der Waals surface area (Å²) in [5.74, 6) is -0.373. The van der Waals surface area contributed by atoms with Gasteiger partial charge in [-0.15, -0.1) is 0 Å². The summed E-state index contributed by atoms with van der Waals surface area (Å²) >= 11 is 0. The van der Waals surface area contributed by atoms with E-state index in [0.717, 1.165) is 5.56 Å². The summed E-state index contributed by atoms with van der Waals surface area (Å²) in [5.41, 5.74) is 2.42. The second-order valence-corrected chi connectivity index (χ2v) is 5.54. The van der Waals surface area contributed by atoms with Crippen LogP contribution in [0, 0.1) is 6.92 Å². The number of hydrogen-bond acceptors (Lipinski definition) is 3. The molecule has 1 atom stereocenters. The Bertz CT molecular complexity index is 860. The Morgan fingerprint density at radius 3 is 2.48 bits per heavy atom. The Morgan fingerprint density at radius 2 is 1.74 bits per heavy atom. The molecule has 0 spiro atoms. The predicted molar refractivity (Wildman–Crippen MR) is 90.5 cm³/mol. The van der Waals surface area contributed by atoms with Crippen LogP contribution < -0.4 is 5.32 Å². The standard InChI is InChI=1S/C19H18N2O2/c1-12(14-8-4-3-5-9-14)21-19(23)17-15-10-6-7-11-16(15)20-13(2)18(17)22/h3-12,22H,1-2H3,(H,21,23). The van der Waals surface area contributed by atoms with Crippen molar-refractivity contribution in [3.05, 3.63) is 71.4 Å². The zero-order valence-electron chi connectivity index (χ0n) is 13.1. The van der Waals surface area contributed by atoms with E-state index in [-0.39, 0.29) is 23.3 Å². The minimum Gasteiger partial charge on any atom is -0.505 e. The maximum atomic E-state index is 12.7. The first kappa shape index (κ1) is 15.0. The molecule has 4 heteroatoms. The zero-order chi connectivity index (χ0) is 16.4. The lowest BCUT2D eigenvalue weighted by Gasteiger charge is -2.16. The van der Waals surface area contributed by atoms with Crippen LogP contribution in [0.5, 0.6) is 5.75 Å². The molecule has 0 saturated heterocycles. The molecule has 1 amide bonds. The summed E-state index contributed by atoms with van der Waals surface area (Å²) in [5, 5.41) is 13.9. The van der Waals surface area contributed by atoms with Gasteiger partial charge in [0.25, 0.3) is 5.91 Å². The number of amides is 1. The van der Waals surface area contributed by atoms with E-state index in [1.807, 2.05) is 55.5 Å². The highest BCUT2D eigenvalue weighted by molar-refractivity contribution is 6.08. The normalized spacial score (nSPS) is 12.1. The van der Waals surface area contributed by atoms with Gasteiger partial charge < -0.3 is 10.4 Å². The number of pyridine rings is 1. The first-order valence-electron chi connectivity index (χ1n) is 7.52. The summed E-state index contributed by atoms with van der Waals surface area (Å²) in [6.07, 6.45) is 0. The van der Waals surface area contributed by atoms with E-state index >= 15 is 0 Å². The molecule has 4 nitrogen and oxygen atoms in total. The second-order valence-electron chi connectivity index (χ2n) is 5.54. The van der Waals surface area contributed by atoms with E-state index in [4.69, 9.17) is 0 Å². The monoisotopic (exact) mass is 306 g/mol. The lowest BCUT2D eigenvalue weighted by Crippen LogP contribution is -2.27. The van der Waals surface area contributed by atoms with Crippen molar-refractivity contribution in [2.24, 2.45) is 0 Å². The number of rotatable bonds is 3. The number of aryl methyl sites for hydroxylation is 1. The Hall–Kier alpha value is -2.88. The number of para-hydroxylation sites is 1. The lowest BCUT2D eigenvalue weighted by molar-refractivity contribution is 0.0938. The number of carbonyl (C=O) groups excluding carboxylic acids is 1. The minimum atomic E-state index is -0.305. The SMILES string of the molecule is Cc1nc2ccccc2c(C(=O)NC(C)c2ccccc2)c1O. The highest BCUT2D eigenvalue weighted by Gasteiger charge is 2.20. The number of fused-ring (bicyclic) bond motifs is 1. The lowest BCUT2D eigenvalue weighted by atomic mass is 10.0. The van der Waals surface area contributed by atoms with Crippen molar-refractivity contribution < 1.29 is 9.90 Å². The number of benzene rings is 2. The van der Waals surface area contributed by atoms with Crippen LogP contribution in [0.3, 0.4) is 0 Å². The van der Waals surface area contributed by atoms with Crippen LogP contribution in [-0.4, -0.2) is 16.0 Å². The van der Waals surface area contributed by atoms with Crippen LogP contribution in [0.25, 0.3) is 10.9 Å². The van der Waals surface area contributed by atoms with Gasteiger partial charge in [-0.1, -0.05) is 48.5 Å². The molecule has 0 fully saturated rings. The van der Waals surface area contributed by atoms with Gasteiger partial charge in [0, 0.05) is 5.39 Å². The van der Waals surface area contributed by atoms with Crippen LogP contribution in [0.1, 0.15) is 34.6 Å².